The number of amides is 2. The maximum atomic E-state index is 10.5. The summed E-state index contributed by atoms with van der Waals surface area (Å²) in [6.07, 6.45) is 0.873. The molecule has 0 unspecified atom stereocenters. The highest BCUT2D eigenvalue weighted by atomic mass is 35.5. The minimum Gasteiger partial charge on any atom is -0.289 e. The number of carbonyl (C=O) groups is 3. The van der Waals surface area contributed by atoms with Crippen molar-refractivity contribution in [1.82, 2.24) is 5.32 Å². The first-order chi connectivity index (χ1) is 4.61. The van der Waals surface area contributed by atoms with Crippen molar-refractivity contribution in [1.29, 1.82) is 0 Å². The average Bonchev–Trinajstić information content (AvgIpc) is 2.10. The molecule has 0 spiro atoms. The lowest BCUT2D eigenvalue weighted by molar-refractivity contribution is -0.124. The molecule has 1 aliphatic heterocycles. The third-order valence-electron chi connectivity index (χ3n) is 0.969. The first-order valence-electron chi connectivity index (χ1n) is 2.38. The standard InChI is InChI=1S/C5H2ClNO3/c6-4(9)2-1-3(8)7-5(2)10/h1H,(H,7,8,10). The van der Waals surface area contributed by atoms with E-state index in [1.54, 1.807) is 0 Å². The second-order valence-corrected chi connectivity index (χ2v) is 1.99. The van der Waals surface area contributed by atoms with E-state index >= 15 is 0 Å². The zero-order valence-corrected chi connectivity index (χ0v) is 5.44. The van der Waals surface area contributed by atoms with Crippen LogP contribution in [0, 0.1) is 0 Å². The molecule has 1 aliphatic rings. The van der Waals surface area contributed by atoms with Crippen molar-refractivity contribution < 1.29 is 14.4 Å². The van der Waals surface area contributed by atoms with Gasteiger partial charge in [-0.1, -0.05) is 0 Å². The van der Waals surface area contributed by atoms with E-state index in [1.807, 2.05) is 5.32 Å². The molecule has 1 N–H and O–H groups in total. The van der Waals surface area contributed by atoms with E-state index in [0.29, 0.717) is 0 Å². The fraction of sp³-hybridized carbons (Fsp3) is 0. The molecule has 0 saturated heterocycles. The van der Waals surface area contributed by atoms with E-state index in [2.05, 4.69) is 0 Å². The van der Waals surface area contributed by atoms with Crippen molar-refractivity contribution in [3.8, 4) is 0 Å². The van der Waals surface area contributed by atoms with Crippen LogP contribution < -0.4 is 5.32 Å². The molecule has 0 atom stereocenters. The number of halogens is 1. The fourth-order valence-electron chi connectivity index (χ4n) is 0.558. The van der Waals surface area contributed by atoms with Crippen molar-refractivity contribution in [3.05, 3.63) is 11.6 Å². The Labute approximate surface area is 60.8 Å². The zero-order chi connectivity index (χ0) is 7.72. The van der Waals surface area contributed by atoms with Crippen LogP contribution in [0.25, 0.3) is 0 Å². The largest absolute Gasteiger partial charge is 0.289 e. The van der Waals surface area contributed by atoms with Crippen LogP contribution in [0.5, 0.6) is 0 Å². The lowest BCUT2D eigenvalue weighted by Crippen LogP contribution is -2.23. The van der Waals surface area contributed by atoms with Gasteiger partial charge in [-0.15, -0.1) is 0 Å². The van der Waals surface area contributed by atoms with Gasteiger partial charge in [0.15, 0.2) is 0 Å². The molecular formula is C5H2ClNO3. The molecule has 52 valence electrons. The molecule has 0 bridgehead atoms. The zero-order valence-electron chi connectivity index (χ0n) is 4.68. The summed E-state index contributed by atoms with van der Waals surface area (Å²) in [7, 11) is 0. The number of imide groups is 1. The minimum absolute atomic E-state index is 0.299. The van der Waals surface area contributed by atoms with Crippen LogP contribution in [0.2, 0.25) is 0 Å². The van der Waals surface area contributed by atoms with E-state index in [9.17, 15) is 14.4 Å². The smallest absolute Gasteiger partial charge is 0.263 e. The summed E-state index contributed by atoms with van der Waals surface area (Å²) < 4.78 is 0. The Bertz CT molecular complexity index is 256. The predicted octanol–water partition coefficient (Wildman–Crippen LogP) is -0.665. The summed E-state index contributed by atoms with van der Waals surface area (Å²) in [6.45, 7) is 0. The number of nitrogens with one attached hydrogen (secondary N) is 1. The molecule has 1 rings (SSSR count). The molecule has 0 aliphatic carbocycles. The maximum absolute atomic E-state index is 10.5. The molecule has 0 saturated carbocycles. The molecular weight excluding hydrogens is 158 g/mol. The van der Waals surface area contributed by atoms with Gasteiger partial charge < -0.3 is 0 Å². The SMILES string of the molecule is O=C1C=C(C(=O)Cl)C(=O)N1. The van der Waals surface area contributed by atoms with E-state index in [4.69, 9.17) is 11.6 Å². The van der Waals surface area contributed by atoms with Gasteiger partial charge in [-0.05, 0) is 11.6 Å². The van der Waals surface area contributed by atoms with Gasteiger partial charge in [-0.2, -0.15) is 0 Å². The maximum Gasteiger partial charge on any atom is 0.263 e. The highest BCUT2D eigenvalue weighted by Gasteiger charge is 2.24. The molecule has 1 heterocycles. The van der Waals surface area contributed by atoms with Gasteiger partial charge in [-0.3, -0.25) is 19.7 Å². The van der Waals surface area contributed by atoms with Crippen LogP contribution in [0.15, 0.2) is 11.6 Å². The lowest BCUT2D eigenvalue weighted by Gasteiger charge is -1.87. The fourth-order valence-corrected chi connectivity index (χ4v) is 0.698. The van der Waals surface area contributed by atoms with Crippen LogP contribution in [-0.2, 0) is 14.4 Å². The molecule has 5 heteroatoms. The van der Waals surface area contributed by atoms with Crippen LogP contribution >= 0.6 is 11.6 Å². The first-order valence-corrected chi connectivity index (χ1v) is 2.76. The van der Waals surface area contributed by atoms with Gasteiger partial charge in [0.2, 0.25) is 0 Å². The highest BCUT2D eigenvalue weighted by molar-refractivity contribution is 6.71. The van der Waals surface area contributed by atoms with Crippen molar-refractivity contribution in [2.24, 2.45) is 0 Å². The van der Waals surface area contributed by atoms with E-state index < -0.39 is 17.1 Å². The first kappa shape index (κ1) is 6.95. The summed E-state index contributed by atoms with van der Waals surface area (Å²) in [4.78, 5) is 31.2. The van der Waals surface area contributed by atoms with Crippen molar-refractivity contribution in [2.45, 2.75) is 0 Å². The molecule has 0 fully saturated rings. The van der Waals surface area contributed by atoms with Crippen molar-refractivity contribution >= 4 is 28.7 Å². The molecule has 10 heavy (non-hydrogen) atoms. The predicted molar refractivity (Wildman–Crippen MR) is 32.1 cm³/mol. The van der Waals surface area contributed by atoms with Crippen LogP contribution in [0.4, 0.5) is 0 Å². The summed E-state index contributed by atoms with van der Waals surface area (Å²) in [5.74, 6) is -1.33. The van der Waals surface area contributed by atoms with Crippen molar-refractivity contribution in [2.75, 3.05) is 0 Å². The van der Waals surface area contributed by atoms with E-state index in [-0.39, 0.29) is 5.57 Å². The Hall–Kier alpha value is -1.16. The third-order valence-corrected chi connectivity index (χ3v) is 1.17. The second-order valence-electron chi connectivity index (χ2n) is 1.65. The van der Waals surface area contributed by atoms with E-state index in [0.717, 1.165) is 6.08 Å². The normalized spacial score (nSPS) is 16.7. The molecule has 0 aromatic rings. The summed E-state index contributed by atoms with van der Waals surface area (Å²) in [5.41, 5.74) is -0.299. The summed E-state index contributed by atoms with van der Waals surface area (Å²) in [5, 5.41) is 0.959. The number of hydrogen-bond donors (Lipinski definition) is 1. The molecule has 0 aromatic carbocycles. The quantitative estimate of drug-likeness (QED) is 0.314. The average molecular weight is 160 g/mol. The second kappa shape index (κ2) is 2.22. The van der Waals surface area contributed by atoms with Crippen LogP contribution in [0.1, 0.15) is 0 Å². The van der Waals surface area contributed by atoms with Gasteiger partial charge in [0.05, 0.1) is 0 Å². The summed E-state index contributed by atoms with van der Waals surface area (Å²) in [6, 6.07) is 0. The molecule has 2 amide bonds. The Kier molecular flexibility index (Phi) is 1.55. The van der Waals surface area contributed by atoms with Gasteiger partial charge in [0.1, 0.15) is 5.57 Å². The topological polar surface area (TPSA) is 63.2 Å². The highest BCUT2D eigenvalue weighted by Crippen LogP contribution is 2.05. The minimum atomic E-state index is -0.914. The number of carbonyl (C=O) groups excluding carboxylic acids is 3. The molecule has 0 radical (unpaired) electrons. The summed E-state index contributed by atoms with van der Waals surface area (Å²) >= 11 is 4.92. The van der Waals surface area contributed by atoms with Gasteiger partial charge in [0, 0.05) is 6.08 Å². The van der Waals surface area contributed by atoms with Crippen LogP contribution in [0.3, 0.4) is 0 Å². The number of hydrogen-bond acceptors (Lipinski definition) is 3. The van der Waals surface area contributed by atoms with Gasteiger partial charge in [0.25, 0.3) is 17.1 Å². The van der Waals surface area contributed by atoms with Gasteiger partial charge in [-0.25, -0.2) is 0 Å². The van der Waals surface area contributed by atoms with E-state index in [1.165, 1.54) is 0 Å². The Morgan fingerprint density at radius 1 is 1.50 bits per heavy atom. The molecule has 0 aromatic heterocycles. The monoisotopic (exact) mass is 159 g/mol. The Morgan fingerprint density at radius 2 is 2.10 bits per heavy atom. The lowest BCUT2D eigenvalue weighted by atomic mass is 10.3. The molecule has 4 nitrogen and oxygen atoms in total. The third kappa shape index (κ3) is 1.06. The van der Waals surface area contributed by atoms with Gasteiger partial charge >= 0.3 is 0 Å². The number of rotatable bonds is 1. The Balaban J connectivity index is 2.96. The van der Waals surface area contributed by atoms with Crippen LogP contribution in [-0.4, -0.2) is 17.1 Å². The Morgan fingerprint density at radius 3 is 2.30 bits per heavy atom. The van der Waals surface area contributed by atoms with Crippen molar-refractivity contribution in [3.63, 3.8) is 0 Å².